The second kappa shape index (κ2) is 8.31. The van der Waals surface area contributed by atoms with Gasteiger partial charge in [-0.3, -0.25) is 6.54 Å². The largest absolute Gasteiger partial charge is 1.00 e. The van der Waals surface area contributed by atoms with Crippen LogP contribution in [0.25, 0.3) is 5.32 Å². The van der Waals surface area contributed by atoms with Crippen LogP contribution in [0, 0.1) is 6.92 Å². The summed E-state index contributed by atoms with van der Waals surface area (Å²) in [4.78, 5) is 0. The summed E-state index contributed by atoms with van der Waals surface area (Å²) in [5.74, 6) is 0. The van der Waals surface area contributed by atoms with Gasteiger partial charge in [-0.25, -0.2) is 0 Å². The SMILES string of the molecule is [CH2-]C[N-]c1ccccc1.[Li+].[Li+]. The number of hydrogen-bond acceptors (Lipinski definition) is 0. The van der Waals surface area contributed by atoms with Crippen LogP contribution >= 0.6 is 0 Å². The van der Waals surface area contributed by atoms with Crippen molar-refractivity contribution in [3.05, 3.63) is 42.6 Å². The molecular formula is C8H9Li2N. The third-order valence-corrected chi connectivity index (χ3v) is 1.05. The van der Waals surface area contributed by atoms with E-state index in [1.807, 2.05) is 30.3 Å². The summed E-state index contributed by atoms with van der Waals surface area (Å²) in [6.07, 6.45) is 0. The fraction of sp³-hybridized carbons (Fsp3) is 0.125. The minimum Gasteiger partial charge on any atom is -0.709 e. The molecule has 1 aromatic carbocycles. The summed E-state index contributed by atoms with van der Waals surface area (Å²) < 4.78 is 0. The molecular weight excluding hydrogens is 124 g/mol. The van der Waals surface area contributed by atoms with Gasteiger partial charge in [-0.05, 0) is 0 Å². The Morgan fingerprint density at radius 2 is 1.64 bits per heavy atom. The molecule has 0 aliphatic rings. The molecule has 0 N–H and O–H groups in total. The molecule has 0 aliphatic heterocycles. The van der Waals surface area contributed by atoms with E-state index >= 15 is 0 Å². The Hall–Kier alpha value is 0.215. The topological polar surface area (TPSA) is 14.1 Å². The molecule has 0 aliphatic carbocycles. The average Bonchev–Trinajstić information content (AvgIpc) is 1.91. The van der Waals surface area contributed by atoms with Crippen molar-refractivity contribution in [2.24, 2.45) is 0 Å². The van der Waals surface area contributed by atoms with Gasteiger partial charge in [0, 0.05) is 0 Å². The molecule has 0 atom stereocenters. The molecule has 1 aromatic rings. The van der Waals surface area contributed by atoms with Gasteiger partial charge in [-0.1, -0.05) is 30.3 Å². The van der Waals surface area contributed by atoms with E-state index in [0.717, 1.165) is 5.69 Å². The molecule has 0 bridgehead atoms. The third-order valence-electron chi connectivity index (χ3n) is 1.05. The molecule has 0 saturated carbocycles. The van der Waals surface area contributed by atoms with Gasteiger partial charge >= 0.3 is 37.7 Å². The first-order chi connectivity index (χ1) is 4.43. The zero-order chi connectivity index (χ0) is 6.53. The van der Waals surface area contributed by atoms with Crippen LogP contribution in [0.4, 0.5) is 5.69 Å². The Morgan fingerprint density at radius 1 is 1.09 bits per heavy atom. The standard InChI is InChI=1S/C8H9N.2Li/c1-2-9-8-6-4-3-5-7-8;;/h3-7H,1-2H2;;/q-2;2*+1. The van der Waals surface area contributed by atoms with Crippen molar-refractivity contribution in [3.8, 4) is 0 Å². The quantitative estimate of drug-likeness (QED) is 0.294. The third kappa shape index (κ3) is 5.48. The Bertz CT molecular complexity index is 165. The Kier molecular flexibility index (Phi) is 10.4. The molecule has 0 radical (unpaired) electrons. The number of rotatable bonds is 2. The molecule has 0 unspecified atom stereocenters. The number of nitrogens with zero attached hydrogens (tertiary/aromatic N) is 1. The first-order valence-corrected chi connectivity index (χ1v) is 2.95. The number of hydrogen-bond donors (Lipinski definition) is 0. The van der Waals surface area contributed by atoms with Crippen LogP contribution in [0.1, 0.15) is 0 Å². The van der Waals surface area contributed by atoms with E-state index in [4.69, 9.17) is 0 Å². The summed E-state index contributed by atoms with van der Waals surface area (Å²) >= 11 is 0. The van der Waals surface area contributed by atoms with Crippen molar-refractivity contribution in [2.75, 3.05) is 6.54 Å². The molecule has 0 aromatic heterocycles. The second-order valence-electron chi connectivity index (χ2n) is 1.72. The molecule has 3 heteroatoms. The van der Waals surface area contributed by atoms with Crippen molar-refractivity contribution in [1.29, 1.82) is 0 Å². The zero-order valence-corrected chi connectivity index (χ0v) is 7.25. The Labute approximate surface area is 92.3 Å². The van der Waals surface area contributed by atoms with Crippen LogP contribution in [0.3, 0.4) is 0 Å². The van der Waals surface area contributed by atoms with Crippen LogP contribution in [-0.2, 0) is 0 Å². The van der Waals surface area contributed by atoms with Crippen molar-refractivity contribution < 1.29 is 37.7 Å². The Balaban J connectivity index is 0. The van der Waals surface area contributed by atoms with E-state index in [-0.39, 0.29) is 37.7 Å². The molecule has 0 fully saturated rings. The van der Waals surface area contributed by atoms with Gasteiger partial charge < -0.3 is 12.2 Å². The average molecular weight is 133 g/mol. The minimum atomic E-state index is 0. The van der Waals surface area contributed by atoms with E-state index in [1.165, 1.54) is 0 Å². The van der Waals surface area contributed by atoms with Gasteiger partial charge in [0.2, 0.25) is 0 Å². The van der Waals surface area contributed by atoms with Crippen molar-refractivity contribution in [2.45, 2.75) is 0 Å². The van der Waals surface area contributed by atoms with Crippen molar-refractivity contribution in [1.82, 2.24) is 0 Å². The smallest absolute Gasteiger partial charge is 0.709 e. The second-order valence-corrected chi connectivity index (χ2v) is 1.72. The molecule has 1 nitrogen and oxygen atoms in total. The van der Waals surface area contributed by atoms with Gasteiger partial charge in [-0.15, -0.1) is 5.69 Å². The number of para-hydroxylation sites is 1. The number of benzene rings is 1. The predicted molar refractivity (Wildman–Crippen MR) is 39.7 cm³/mol. The van der Waals surface area contributed by atoms with Gasteiger partial charge in [0.1, 0.15) is 0 Å². The van der Waals surface area contributed by atoms with Gasteiger partial charge in [0.25, 0.3) is 0 Å². The summed E-state index contributed by atoms with van der Waals surface area (Å²) in [6.45, 7) is 4.23. The molecule has 0 spiro atoms. The minimum absolute atomic E-state index is 0. The molecule has 0 saturated heterocycles. The van der Waals surface area contributed by atoms with Crippen LogP contribution in [0.15, 0.2) is 30.3 Å². The fourth-order valence-electron chi connectivity index (χ4n) is 0.663. The van der Waals surface area contributed by atoms with E-state index in [2.05, 4.69) is 12.2 Å². The van der Waals surface area contributed by atoms with Crippen LogP contribution in [-0.4, -0.2) is 6.54 Å². The monoisotopic (exact) mass is 133 g/mol. The maximum absolute atomic E-state index is 4.10. The summed E-state index contributed by atoms with van der Waals surface area (Å²) in [5, 5.41) is 4.10. The van der Waals surface area contributed by atoms with E-state index in [0.29, 0.717) is 6.54 Å². The summed E-state index contributed by atoms with van der Waals surface area (Å²) in [7, 11) is 0. The van der Waals surface area contributed by atoms with Crippen molar-refractivity contribution >= 4 is 5.69 Å². The van der Waals surface area contributed by atoms with E-state index < -0.39 is 0 Å². The fourth-order valence-corrected chi connectivity index (χ4v) is 0.663. The molecule has 1 rings (SSSR count). The van der Waals surface area contributed by atoms with Gasteiger partial charge in [-0.2, -0.15) is 0 Å². The van der Waals surface area contributed by atoms with E-state index in [1.54, 1.807) is 0 Å². The van der Waals surface area contributed by atoms with Crippen molar-refractivity contribution in [3.63, 3.8) is 0 Å². The predicted octanol–water partition coefficient (Wildman–Crippen LogP) is -3.47. The maximum Gasteiger partial charge on any atom is 1.00 e. The zero-order valence-electron chi connectivity index (χ0n) is 7.25. The van der Waals surface area contributed by atoms with Gasteiger partial charge in [0.15, 0.2) is 0 Å². The summed E-state index contributed by atoms with van der Waals surface area (Å²) in [6, 6.07) is 9.83. The maximum atomic E-state index is 4.10. The van der Waals surface area contributed by atoms with Crippen LogP contribution in [0.2, 0.25) is 0 Å². The Morgan fingerprint density at radius 3 is 2.09 bits per heavy atom. The summed E-state index contributed by atoms with van der Waals surface area (Å²) in [5.41, 5.74) is 1.01. The van der Waals surface area contributed by atoms with Crippen LogP contribution in [0.5, 0.6) is 0 Å². The van der Waals surface area contributed by atoms with Gasteiger partial charge in [0.05, 0.1) is 0 Å². The molecule has 0 heterocycles. The molecule has 11 heavy (non-hydrogen) atoms. The van der Waals surface area contributed by atoms with E-state index in [9.17, 15) is 0 Å². The normalized spacial score (nSPS) is 7.36. The molecule has 0 amide bonds. The first kappa shape index (κ1) is 13.8. The first-order valence-electron chi connectivity index (χ1n) is 2.95. The molecule has 48 valence electrons. The van der Waals surface area contributed by atoms with Crippen LogP contribution < -0.4 is 37.7 Å².